The summed E-state index contributed by atoms with van der Waals surface area (Å²) in [6.07, 6.45) is 0. The highest BCUT2D eigenvalue weighted by Gasteiger charge is 2.25. The van der Waals surface area contributed by atoms with Gasteiger partial charge in [0.1, 0.15) is 6.04 Å². The highest BCUT2D eigenvalue weighted by Crippen LogP contribution is 2.14. The molecule has 1 saturated heterocycles. The fraction of sp³-hybridized carbons (Fsp3) is 0.533. The van der Waals surface area contributed by atoms with Gasteiger partial charge >= 0.3 is 5.97 Å². The van der Waals surface area contributed by atoms with Gasteiger partial charge in [-0.05, 0) is 24.6 Å². The highest BCUT2D eigenvalue weighted by atomic mass is 35.5. The van der Waals surface area contributed by atoms with Crippen LogP contribution in [-0.4, -0.2) is 55.1 Å². The van der Waals surface area contributed by atoms with E-state index in [2.05, 4.69) is 21.9 Å². The van der Waals surface area contributed by atoms with Crippen LogP contribution in [0.2, 0.25) is 5.02 Å². The van der Waals surface area contributed by atoms with Gasteiger partial charge in [0.15, 0.2) is 0 Å². The molecule has 4 nitrogen and oxygen atoms in total. The number of ether oxygens (including phenoxy) is 1. The molecule has 1 atom stereocenters. The van der Waals surface area contributed by atoms with Gasteiger partial charge in [0.2, 0.25) is 0 Å². The number of hydrogen-bond donors (Lipinski definition) is 0. The largest absolute Gasteiger partial charge is 0.468 e. The van der Waals surface area contributed by atoms with Crippen molar-refractivity contribution in [3.63, 3.8) is 0 Å². The van der Waals surface area contributed by atoms with Gasteiger partial charge in [0, 0.05) is 37.7 Å². The third-order valence-electron chi connectivity index (χ3n) is 3.82. The number of piperazine rings is 1. The molecule has 0 saturated carbocycles. The van der Waals surface area contributed by atoms with Crippen LogP contribution in [0.4, 0.5) is 0 Å². The lowest BCUT2D eigenvalue weighted by atomic mass is 10.2. The number of methoxy groups -OCH3 is 1. The lowest BCUT2D eigenvalue weighted by Gasteiger charge is -2.36. The van der Waals surface area contributed by atoms with Crippen molar-refractivity contribution < 1.29 is 9.53 Å². The Kier molecular flexibility index (Phi) is 5.40. The monoisotopic (exact) mass is 296 g/mol. The van der Waals surface area contributed by atoms with Gasteiger partial charge in [-0.15, -0.1) is 0 Å². The van der Waals surface area contributed by atoms with E-state index < -0.39 is 0 Å². The van der Waals surface area contributed by atoms with Crippen LogP contribution in [0, 0.1) is 0 Å². The molecule has 110 valence electrons. The standard InChI is InChI=1S/C15H21ClN2O2/c1-12(15(19)20-2)18-9-7-17(8-10-18)11-13-3-5-14(16)6-4-13/h3-6,12H,7-11H2,1-2H3. The molecule has 0 spiro atoms. The molecule has 2 rings (SSSR count). The summed E-state index contributed by atoms with van der Waals surface area (Å²) in [5.41, 5.74) is 1.27. The Balaban J connectivity index is 1.82. The highest BCUT2D eigenvalue weighted by molar-refractivity contribution is 6.30. The van der Waals surface area contributed by atoms with E-state index in [1.807, 2.05) is 19.1 Å². The smallest absolute Gasteiger partial charge is 0.322 e. The van der Waals surface area contributed by atoms with Crippen LogP contribution in [0.3, 0.4) is 0 Å². The van der Waals surface area contributed by atoms with Crippen LogP contribution in [0.1, 0.15) is 12.5 Å². The summed E-state index contributed by atoms with van der Waals surface area (Å²) < 4.78 is 4.79. The SMILES string of the molecule is COC(=O)C(C)N1CCN(Cc2ccc(Cl)cc2)CC1. The van der Waals surface area contributed by atoms with E-state index >= 15 is 0 Å². The Bertz CT molecular complexity index is 442. The third kappa shape index (κ3) is 3.95. The molecular weight excluding hydrogens is 276 g/mol. The zero-order valence-electron chi connectivity index (χ0n) is 12.0. The Morgan fingerprint density at radius 1 is 1.25 bits per heavy atom. The van der Waals surface area contributed by atoms with Gasteiger partial charge in [-0.25, -0.2) is 0 Å². The first-order chi connectivity index (χ1) is 9.60. The molecule has 0 aliphatic carbocycles. The number of esters is 1. The lowest BCUT2D eigenvalue weighted by molar-refractivity contribution is -0.147. The fourth-order valence-corrected chi connectivity index (χ4v) is 2.60. The first-order valence-electron chi connectivity index (χ1n) is 6.89. The average molecular weight is 297 g/mol. The number of rotatable bonds is 4. The maximum Gasteiger partial charge on any atom is 0.322 e. The first kappa shape index (κ1) is 15.3. The van der Waals surface area contributed by atoms with Gasteiger partial charge < -0.3 is 4.74 Å². The number of carbonyl (C=O) groups is 1. The Labute approximate surface area is 125 Å². The van der Waals surface area contributed by atoms with Gasteiger partial charge in [-0.3, -0.25) is 14.6 Å². The summed E-state index contributed by atoms with van der Waals surface area (Å²) in [7, 11) is 1.44. The van der Waals surface area contributed by atoms with E-state index in [0.29, 0.717) is 0 Å². The topological polar surface area (TPSA) is 32.8 Å². The van der Waals surface area contributed by atoms with E-state index in [0.717, 1.165) is 37.7 Å². The quantitative estimate of drug-likeness (QED) is 0.796. The Morgan fingerprint density at radius 3 is 2.40 bits per heavy atom. The molecular formula is C15H21ClN2O2. The second-order valence-electron chi connectivity index (χ2n) is 5.14. The number of hydrogen-bond acceptors (Lipinski definition) is 4. The van der Waals surface area contributed by atoms with Gasteiger partial charge in [-0.1, -0.05) is 23.7 Å². The van der Waals surface area contributed by atoms with E-state index in [-0.39, 0.29) is 12.0 Å². The molecule has 1 unspecified atom stereocenters. The molecule has 1 heterocycles. The average Bonchev–Trinajstić information content (AvgIpc) is 2.49. The van der Waals surface area contributed by atoms with E-state index in [9.17, 15) is 4.79 Å². The predicted octanol–water partition coefficient (Wildman–Crippen LogP) is 2.02. The van der Waals surface area contributed by atoms with E-state index in [1.165, 1.54) is 12.7 Å². The van der Waals surface area contributed by atoms with Crippen molar-refractivity contribution in [1.29, 1.82) is 0 Å². The molecule has 1 fully saturated rings. The Morgan fingerprint density at radius 2 is 1.85 bits per heavy atom. The number of nitrogens with zero attached hydrogens (tertiary/aromatic N) is 2. The van der Waals surface area contributed by atoms with Crippen molar-refractivity contribution in [3.05, 3.63) is 34.9 Å². The van der Waals surface area contributed by atoms with Crippen molar-refractivity contribution in [2.75, 3.05) is 33.3 Å². The summed E-state index contributed by atoms with van der Waals surface area (Å²) in [5.74, 6) is -0.156. The molecule has 1 aromatic rings. The lowest BCUT2D eigenvalue weighted by Crippen LogP contribution is -2.51. The van der Waals surface area contributed by atoms with Gasteiger partial charge in [0.25, 0.3) is 0 Å². The van der Waals surface area contributed by atoms with Gasteiger partial charge in [0.05, 0.1) is 7.11 Å². The van der Waals surface area contributed by atoms with E-state index in [4.69, 9.17) is 16.3 Å². The minimum atomic E-state index is -0.156. The molecule has 0 aromatic heterocycles. The van der Waals surface area contributed by atoms with Crippen LogP contribution in [0.25, 0.3) is 0 Å². The molecule has 0 amide bonds. The number of carbonyl (C=O) groups excluding carboxylic acids is 1. The first-order valence-corrected chi connectivity index (χ1v) is 7.26. The summed E-state index contributed by atoms with van der Waals surface area (Å²) in [5, 5.41) is 0.769. The second-order valence-corrected chi connectivity index (χ2v) is 5.57. The van der Waals surface area contributed by atoms with Crippen molar-refractivity contribution in [3.8, 4) is 0 Å². The maximum atomic E-state index is 11.5. The molecule has 0 N–H and O–H groups in total. The molecule has 1 aromatic carbocycles. The molecule has 1 aliphatic heterocycles. The molecule has 0 bridgehead atoms. The third-order valence-corrected chi connectivity index (χ3v) is 4.07. The fourth-order valence-electron chi connectivity index (χ4n) is 2.48. The number of benzene rings is 1. The van der Waals surface area contributed by atoms with E-state index in [1.54, 1.807) is 0 Å². The second kappa shape index (κ2) is 7.07. The maximum absolute atomic E-state index is 11.5. The summed E-state index contributed by atoms with van der Waals surface area (Å²) in [4.78, 5) is 16.1. The normalized spacial score (nSPS) is 18.8. The summed E-state index contributed by atoms with van der Waals surface area (Å²) in [6, 6.07) is 7.81. The van der Waals surface area contributed by atoms with Crippen molar-refractivity contribution in [1.82, 2.24) is 9.80 Å². The van der Waals surface area contributed by atoms with Gasteiger partial charge in [-0.2, -0.15) is 0 Å². The molecule has 5 heteroatoms. The molecule has 1 aliphatic rings. The predicted molar refractivity (Wildman–Crippen MR) is 79.8 cm³/mol. The van der Waals surface area contributed by atoms with Crippen LogP contribution in [0.15, 0.2) is 24.3 Å². The van der Waals surface area contributed by atoms with Crippen LogP contribution in [-0.2, 0) is 16.1 Å². The molecule has 0 radical (unpaired) electrons. The minimum Gasteiger partial charge on any atom is -0.468 e. The Hall–Kier alpha value is -1.10. The van der Waals surface area contributed by atoms with Crippen LogP contribution < -0.4 is 0 Å². The summed E-state index contributed by atoms with van der Waals surface area (Å²) >= 11 is 5.89. The molecule has 20 heavy (non-hydrogen) atoms. The zero-order valence-corrected chi connectivity index (χ0v) is 12.8. The minimum absolute atomic E-state index is 0.155. The van der Waals surface area contributed by atoms with Crippen molar-refractivity contribution in [2.24, 2.45) is 0 Å². The zero-order chi connectivity index (χ0) is 14.5. The number of halogens is 1. The van der Waals surface area contributed by atoms with Crippen LogP contribution in [0.5, 0.6) is 0 Å². The van der Waals surface area contributed by atoms with Crippen molar-refractivity contribution >= 4 is 17.6 Å². The van der Waals surface area contributed by atoms with Crippen molar-refractivity contribution in [2.45, 2.75) is 19.5 Å². The summed E-state index contributed by atoms with van der Waals surface area (Å²) in [6.45, 7) is 6.54. The van der Waals surface area contributed by atoms with Crippen LogP contribution >= 0.6 is 11.6 Å².